The van der Waals surface area contributed by atoms with Crippen LogP contribution >= 0.6 is 0 Å². The van der Waals surface area contributed by atoms with Gasteiger partial charge in [0.2, 0.25) is 0 Å². The molecule has 3 fully saturated rings. The number of phenolic OH excluding ortho intramolecular Hbond substituents is 2. The Morgan fingerprint density at radius 3 is 1.95 bits per heavy atom. The van der Waals surface area contributed by atoms with Crippen LogP contribution in [0.25, 0.3) is 6.08 Å². The maximum atomic E-state index is 12.9. The smallest absolute Gasteiger partial charge is 0.331 e. The van der Waals surface area contributed by atoms with E-state index in [1.54, 1.807) is 0 Å². The van der Waals surface area contributed by atoms with Crippen molar-refractivity contribution in [1.29, 1.82) is 0 Å². The van der Waals surface area contributed by atoms with Gasteiger partial charge in [-0.05, 0) is 37.6 Å². The van der Waals surface area contributed by atoms with Gasteiger partial charge in [-0.2, -0.15) is 0 Å². The van der Waals surface area contributed by atoms with Crippen molar-refractivity contribution in [2.24, 2.45) is 0 Å². The second kappa shape index (κ2) is 14.3. The highest BCUT2D eigenvalue weighted by atomic mass is 16.7. The highest BCUT2D eigenvalue weighted by Gasteiger charge is 2.52. The van der Waals surface area contributed by atoms with Crippen LogP contribution in [-0.2, 0) is 33.2 Å². The molecule has 0 radical (unpaired) electrons. The molecule has 0 aromatic heterocycles. The Morgan fingerprint density at radius 2 is 1.34 bits per heavy atom. The fourth-order valence-corrected chi connectivity index (χ4v) is 4.94. The lowest BCUT2D eigenvalue weighted by atomic mass is 9.97. The summed E-state index contributed by atoms with van der Waals surface area (Å²) >= 11 is 0. The molecule has 3 saturated heterocycles. The van der Waals surface area contributed by atoms with Crippen molar-refractivity contribution >= 4 is 12.0 Å². The van der Waals surface area contributed by atoms with Crippen LogP contribution in [0, 0.1) is 0 Å². The molecule has 248 valence electrons. The zero-order chi connectivity index (χ0) is 32.5. The summed E-state index contributed by atoms with van der Waals surface area (Å²) in [5.41, 5.74) is 0.291. The fourth-order valence-electron chi connectivity index (χ4n) is 4.94. The van der Waals surface area contributed by atoms with E-state index in [1.165, 1.54) is 32.1 Å². The number of carbonyl (C=O) groups excluding carboxylic acids is 1. The molecule has 1 aromatic rings. The largest absolute Gasteiger partial charge is 0.504 e. The zero-order valence-corrected chi connectivity index (χ0v) is 23.6. The van der Waals surface area contributed by atoms with Crippen molar-refractivity contribution < 1.29 is 84.3 Å². The van der Waals surface area contributed by atoms with Crippen molar-refractivity contribution in [3.63, 3.8) is 0 Å². The molecule has 15 atom stereocenters. The molecular weight excluding hydrogens is 596 g/mol. The molecule has 44 heavy (non-hydrogen) atoms. The number of esters is 1. The summed E-state index contributed by atoms with van der Waals surface area (Å²) in [5.74, 6) is -1.89. The fraction of sp³-hybridized carbons (Fsp3) is 0.667. The Bertz CT molecular complexity index is 1150. The summed E-state index contributed by atoms with van der Waals surface area (Å²) in [6.07, 6.45) is -21.5. The van der Waals surface area contributed by atoms with E-state index >= 15 is 0 Å². The molecule has 17 heteroatoms. The van der Waals surface area contributed by atoms with Gasteiger partial charge in [0, 0.05) is 6.08 Å². The molecule has 0 saturated carbocycles. The van der Waals surface area contributed by atoms with Crippen molar-refractivity contribution in [1.82, 2.24) is 0 Å². The molecule has 0 aliphatic carbocycles. The van der Waals surface area contributed by atoms with E-state index < -0.39 is 110 Å². The second-order valence-corrected chi connectivity index (χ2v) is 10.8. The average Bonchev–Trinajstić information content (AvgIpc) is 2.99. The predicted octanol–water partition coefficient (Wildman–Crippen LogP) is -3.84. The number of aliphatic hydroxyl groups is 8. The number of hydrogen-bond acceptors (Lipinski definition) is 17. The van der Waals surface area contributed by atoms with Gasteiger partial charge in [-0.3, -0.25) is 0 Å². The number of hydrogen-bond donors (Lipinski definition) is 10. The minimum atomic E-state index is -1.98. The van der Waals surface area contributed by atoms with Gasteiger partial charge in [0.15, 0.2) is 36.5 Å². The number of carbonyl (C=O) groups is 1. The molecular formula is C27H38O17. The van der Waals surface area contributed by atoms with Gasteiger partial charge in [0.05, 0.1) is 18.8 Å². The SMILES string of the molecule is C[C@@H]1O[C@@H](OC[C@H]2O[C@@H](O)[C@H](O)[C@@H](O[C@@H]3O[C@@H](C)[C@H](O)[C@@H](O)[C@H]3O)[C@@H]2OC(=O)/C=C/c2ccc(O)c(O)c2)[C@H](O)[C@H](O)[C@H]1O. The maximum absolute atomic E-state index is 12.9. The van der Waals surface area contributed by atoms with Gasteiger partial charge in [0.25, 0.3) is 0 Å². The maximum Gasteiger partial charge on any atom is 0.331 e. The molecule has 4 rings (SSSR count). The first-order chi connectivity index (χ1) is 20.7. The van der Waals surface area contributed by atoms with E-state index in [0.29, 0.717) is 5.56 Å². The minimum absolute atomic E-state index is 0.291. The van der Waals surface area contributed by atoms with E-state index in [1.807, 2.05) is 0 Å². The number of aliphatic hydroxyl groups excluding tert-OH is 8. The topological polar surface area (TPSA) is 275 Å². The van der Waals surface area contributed by atoms with Crippen LogP contribution in [-0.4, -0.2) is 156 Å². The molecule has 3 aliphatic rings. The van der Waals surface area contributed by atoms with E-state index in [0.717, 1.165) is 12.1 Å². The van der Waals surface area contributed by atoms with Gasteiger partial charge < -0.3 is 79.5 Å². The molecule has 3 aliphatic heterocycles. The highest BCUT2D eigenvalue weighted by molar-refractivity contribution is 5.87. The Morgan fingerprint density at radius 1 is 0.750 bits per heavy atom. The summed E-state index contributed by atoms with van der Waals surface area (Å²) in [4.78, 5) is 12.9. The second-order valence-electron chi connectivity index (χ2n) is 10.8. The third kappa shape index (κ3) is 7.48. The monoisotopic (exact) mass is 634 g/mol. The van der Waals surface area contributed by atoms with Crippen molar-refractivity contribution in [2.45, 2.75) is 106 Å². The number of benzene rings is 1. The summed E-state index contributed by atoms with van der Waals surface area (Å²) in [6.45, 7) is 2.19. The molecule has 10 N–H and O–H groups in total. The van der Waals surface area contributed by atoms with Crippen LogP contribution in [0.3, 0.4) is 0 Å². The van der Waals surface area contributed by atoms with Gasteiger partial charge in [-0.25, -0.2) is 4.79 Å². The van der Waals surface area contributed by atoms with Crippen LogP contribution in [0.1, 0.15) is 19.4 Å². The number of phenols is 2. The Balaban J connectivity index is 1.57. The molecule has 0 spiro atoms. The number of rotatable bonds is 8. The highest BCUT2D eigenvalue weighted by Crippen LogP contribution is 2.32. The Labute approximate surface area is 250 Å². The Hall–Kier alpha value is -2.49. The summed E-state index contributed by atoms with van der Waals surface area (Å²) in [5, 5.41) is 101. The normalized spacial score (nSPS) is 43.2. The molecule has 1 aromatic carbocycles. The lowest BCUT2D eigenvalue weighted by Gasteiger charge is -2.46. The van der Waals surface area contributed by atoms with E-state index in [4.69, 9.17) is 28.4 Å². The first-order valence-electron chi connectivity index (χ1n) is 13.8. The lowest BCUT2D eigenvalue weighted by Crippen LogP contribution is -2.65. The lowest BCUT2D eigenvalue weighted by molar-refractivity contribution is -0.359. The Kier molecular flexibility index (Phi) is 11.2. The number of ether oxygens (including phenoxy) is 6. The van der Waals surface area contributed by atoms with Crippen LogP contribution in [0.15, 0.2) is 24.3 Å². The van der Waals surface area contributed by atoms with Gasteiger partial charge >= 0.3 is 5.97 Å². The first-order valence-corrected chi connectivity index (χ1v) is 13.8. The van der Waals surface area contributed by atoms with Crippen LogP contribution in [0.2, 0.25) is 0 Å². The number of aromatic hydroxyl groups is 2. The molecule has 3 heterocycles. The summed E-state index contributed by atoms with van der Waals surface area (Å²) in [6, 6.07) is 3.73. The van der Waals surface area contributed by atoms with Crippen molar-refractivity contribution in [3.05, 3.63) is 29.8 Å². The zero-order valence-electron chi connectivity index (χ0n) is 23.6. The average molecular weight is 635 g/mol. The quantitative estimate of drug-likeness (QED) is 0.0745. The summed E-state index contributed by atoms with van der Waals surface area (Å²) in [7, 11) is 0. The third-order valence-electron chi connectivity index (χ3n) is 7.63. The minimum Gasteiger partial charge on any atom is -0.504 e. The van der Waals surface area contributed by atoms with E-state index in [2.05, 4.69) is 0 Å². The van der Waals surface area contributed by atoms with E-state index in [-0.39, 0.29) is 5.75 Å². The third-order valence-corrected chi connectivity index (χ3v) is 7.63. The first kappa shape index (κ1) is 34.4. The van der Waals surface area contributed by atoms with Crippen LogP contribution in [0.4, 0.5) is 0 Å². The van der Waals surface area contributed by atoms with Crippen molar-refractivity contribution in [2.75, 3.05) is 6.61 Å². The standard InChI is InChI=1S/C27H38O17/c1-9-16(31)18(33)20(35)26(40-9)39-8-14-23(43-15(30)6-4-11-3-5-12(28)13(29)7-11)24(22(37)25(38)42-14)44-27-21(36)19(34)17(32)10(2)41-27/h3-7,9-10,14,16-29,31-38H,8H2,1-2H3/b6-4+/t9-,10-,14+,16-,17-,18+,19+,20+,21+,22+,23+,24+,25+,26+,27-/m0/s1. The summed E-state index contributed by atoms with van der Waals surface area (Å²) < 4.78 is 33.0. The molecule has 0 unspecified atom stereocenters. The van der Waals surface area contributed by atoms with Gasteiger partial charge in [-0.15, -0.1) is 0 Å². The molecule has 0 amide bonds. The molecule has 17 nitrogen and oxygen atoms in total. The van der Waals surface area contributed by atoms with Gasteiger partial charge in [0.1, 0.15) is 54.9 Å². The van der Waals surface area contributed by atoms with Crippen molar-refractivity contribution in [3.8, 4) is 11.5 Å². The van der Waals surface area contributed by atoms with E-state index in [9.17, 15) is 55.9 Å². The van der Waals surface area contributed by atoms with Crippen LogP contribution < -0.4 is 0 Å². The molecule has 0 bridgehead atoms. The van der Waals surface area contributed by atoms with Gasteiger partial charge in [-0.1, -0.05) is 6.07 Å². The van der Waals surface area contributed by atoms with Crippen LogP contribution in [0.5, 0.6) is 11.5 Å². The predicted molar refractivity (Wildman–Crippen MR) is 141 cm³/mol.